The van der Waals surface area contributed by atoms with E-state index in [9.17, 15) is 0 Å². The summed E-state index contributed by atoms with van der Waals surface area (Å²) in [5, 5.41) is 1.12. The van der Waals surface area contributed by atoms with Crippen LogP contribution in [0.2, 0.25) is 0 Å². The quantitative estimate of drug-likeness (QED) is 0.673. The summed E-state index contributed by atoms with van der Waals surface area (Å²) in [5.41, 5.74) is 0. The van der Waals surface area contributed by atoms with E-state index in [1.165, 1.54) is 32.4 Å². The van der Waals surface area contributed by atoms with E-state index >= 15 is 0 Å². The van der Waals surface area contributed by atoms with Crippen molar-refractivity contribution in [3.8, 4) is 0 Å². The summed E-state index contributed by atoms with van der Waals surface area (Å²) in [7, 11) is 0. The van der Waals surface area contributed by atoms with Crippen molar-refractivity contribution in [2.75, 3.05) is 13.1 Å². The summed E-state index contributed by atoms with van der Waals surface area (Å²) in [6.45, 7) is 2.42. The van der Waals surface area contributed by atoms with Gasteiger partial charge in [0.15, 0.2) is 0 Å². The van der Waals surface area contributed by atoms with Crippen LogP contribution in [-0.4, -0.2) is 22.4 Å². The fraction of sp³-hybridized carbons (Fsp3) is 0.500. The van der Waals surface area contributed by atoms with E-state index in [-0.39, 0.29) is 0 Å². The molecule has 2 heterocycles. The smallest absolute Gasteiger partial charge is 0.111 e. The van der Waals surface area contributed by atoms with Crippen molar-refractivity contribution in [1.29, 1.82) is 0 Å². The van der Waals surface area contributed by atoms with Crippen molar-refractivity contribution in [3.05, 3.63) is 24.4 Å². The second-order valence-electron chi connectivity index (χ2n) is 3.25. The SMILES string of the molecule is c1ccc(SN2CCCCC2)nc1. The molecule has 1 aliphatic heterocycles. The molecule has 3 heteroatoms. The summed E-state index contributed by atoms with van der Waals surface area (Å²) in [6, 6.07) is 6.07. The average molecular weight is 194 g/mol. The van der Waals surface area contributed by atoms with Crippen LogP contribution in [-0.2, 0) is 0 Å². The Morgan fingerprint density at radius 1 is 1.15 bits per heavy atom. The van der Waals surface area contributed by atoms with Crippen LogP contribution in [0.15, 0.2) is 29.4 Å². The van der Waals surface area contributed by atoms with Crippen LogP contribution >= 0.6 is 11.9 Å². The zero-order valence-electron chi connectivity index (χ0n) is 7.65. The number of hydrogen-bond acceptors (Lipinski definition) is 3. The second kappa shape index (κ2) is 4.63. The van der Waals surface area contributed by atoms with E-state index in [1.54, 1.807) is 11.9 Å². The lowest BCUT2D eigenvalue weighted by Gasteiger charge is -2.24. The highest BCUT2D eigenvalue weighted by atomic mass is 32.2. The maximum atomic E-state index is 4.29. The first-order valence-electron chi connectivity index (χ1n) is 4.79. The minimum absolute atomic E-state index is 1.12. The molecule has 2 nitrogen and oxygen atoms in total. The summed E-state index contributed by atoms with van der Waals surface area (Å²) in [6.07, 6.45) is 5.91. The van der Waals surface area contributed by atoms with Crippen molar-refractivity contribution in [3.63, 3.8) is 0 Å². The molecule has 70 valence electrons. The van der Waals surface area contributed by atoms with Crippen molar-refractivity contribution < 1.29 is 0 Å². The number of rotatable bonds is 2. The zero-order valence-corrected chi connectivity index (χ0v) is 8.46. The molecule has 1 saturated heterocycles. The van der Waals surface area contributed by atoms with Crippen LogP contribution in [0.1, 0.15) is 19.3 Å². The van der Waals surface area contributed by atoms with Gasteiger partial charge >= 0.3 is 0 Å². The Balaban J connectivity index is 1.90. The lowest BCUT2D eigenvalue weighted by molar-refractivity contribution is 0.380. The van der Waals surface area contributed by atoms with Crippen LogP contribution in [0, 0.1) is 0 Å². The fourth-order valence-corrected chi connectivity index (χ4v) is 2.44. The molecular weight excluding hydrogens is 180 g/mol. The van der Waals surface area contributed by atoms with Gasteiger partial charge in [0.25, 0.3) is 0 Å². The van der Waals surface area contributed by atoms with Gasteiger partial charge in [-0.2, -0.15) is 0 Å². The molecule has 1 fully saturated rings. The molecule has 0 atom stereocenters. The number of pyridine rings is 1. The van der Waals surface area contributed by atoms with Gasteiger partial charge < -0.3 is 0 Å². The lowest BCUT2D eigenvalue weighted by Crippen LogP contribution is -2.22. The summed E-state index contributed by atoms with van der Waals surface area (Å²) >= 11 is 1.79. The third-order valence-electron chi connectivity index (χ3n) is 2.18. The number of aromatic nitrogens is 1. The monoisotopic (exact) mass is 194 g/mol. The normalized spacial score (nSPS) is 18.8. The molecule has 0 unspecified atom stereocenters. The standard InChI is InChI=1S/C10H14N2S/c1-4-8-12(9-5-1)13-10-6-2-3-7-11-10/h2-3,6-7H,1,4-5,8-9H2. The van der Waals surface area contributed by atoms with E-state index in [2.05, 4.69) is 15.4 Å². The Morgan fingerprint density at radius 2 is 2.00 bits per heavy atom. The molecular formula is C10H14N2S. The van der Waals surface area contributed by atoms with Gasteiger partial charge in [-0.15, -0.1) is 0 Å². The Labute approximate surface area is 83.5 Å². The van der Waals surface area contributed by atoms with Gasteiger partial charge in [-0.1, -0.05) is 12.5 Å². The van der Waals surface area contributed by atoms with Gasteiger partial charge in [-0.3, -0.25) is 0 Å². The fourth-order valence-electron chi connectivity index (χ4n) is 1.49. The molecule has 2 rings (SSSR count). The average Bonchev–Trinajstić information content (AvgIpc) is 2.21. The minimum atomic E-state index is 1.12. The largest absolute Gasteiger partial charge is 0.249 e. The highest BCUT2D eigenvalue weighted by Crippen LogP contribution is 2.23. The topological polar surface area (TPSA) is 16.1 Å². The van der Waals surface area contributed by atoms with Crippen LogP contribution in [0.3, 0.4) is 0 Å². The van der Waals surface area contributed by atoms with E-state index < -0.39 is 0 Å². The Bertz CT molecular complexity index is 244. The molecule has 1 aliphatic rings. The van der Waals surface area contributed by atoms with Crippen LogP contribution < -0.4 is 0 Å². The first kappa shape index (κ1) is 9.03. The van der Waals surface area contributed by atoms with Crippen LogP contribution in [0.25, 0.3) is 0 Å². The van der Waals surface area contributed by atoms with Crippen LogP contribution in [0.5, 0.6) is 0 Å². The molecule has 0 N–H and O–H groups in total. The van der Waals surface area contributed by atoms with Gasteiger partial charge in [-0.25, -0.2) is 9.29 Å². The molecule has 0 spiro atoms. The van der Waals surface area contributed by atoms with E-state index in [1.807, 2.05) is 18.3 Å². The van der Waals surface area contributed by atoms with E-state index in [0.29, 0.717) is 0 Å². The Hall–Kier alpha value is -0.540. The molecule has 0 saturated carbocycles. The van der Waals surface area contributed by atoms with Gasteiger partial charge in [0.1, 0.15) is 5.03 Å². The predicted molar refractivity (Wildman–Crippen MR) is 55.5 cm³/mol. The van der Waals surface area contributed by atoms with Crippen LogP contribution in [0.4, 0.5) is 0 Å². The maximum absolute atomic E-state index is 4.29. The van der Waals surface area contributed by atoms with E-state index in [4.69, 9.17) is 0 Å². The molecule has 0 amide bonds. The van der Waals surface area contributed by atoms with Crippen molar-refractivity contribution >= 4 is 11.9 Å². The third kappa shape index (κ3) is 2.71. The highest BCUT2D eigenvalue weighted by molar-refractivity contribution is 7.97. The Morgan fingerprint density at radius 3 is 2.69 bits per heavy atom. The maximum Gasteiger partial charge on any atom is 0.111 e. The van der Waals surface area contributed by atoms with E-state index in [0.717, 1.165) is 5.03 Å². The summed E-state index contributed by atoms with van der Waals surface area (Å²) < 4.78 is 2.41. The number of hydrogen-bond donors (Lipinski definition) is 0. The molecule has 0 aliphatic carbocycles. The van der Waals surface area contributed by atoms with Gasteiger partial charge in [0, 0.05) is 19.3 Å². The highest BCUT2D eigenvalue weighted by Gasteiger charge is 2.11. The molecule has 13 heavy (non-hydrogen) atoms. The molecule has 0 radical (unpaired) electrons. The van der Waals surface area contributed by atoms with Gasteiger partial charge in [0.2, 0.25) is 0 Å². The van der Waals surface area contributed by atoms with Gasteiger partial charge in [0.05, 0.1) is 0 Å². The predicted octanol–water partition coefficient (Wildman–Crippen LogP) is 2.57. The Kier molecular flexibility index (Phi) is 3.22. The number of nitrogens with zero attached hydrogens (tertiary/aromatic N) is 2. The summed E-state index contributed by atoms with van der Waals surface area (Å²) in [5.74, 6) is 0. The minimum Gasteiger partial charge on any atom is -0.249 e. The summed E-state index contributed by atoms with van der Waals surface area (Å²) in [4.78, 5) is 4.29. The molecule has 1 aromatic rings. The lowest BCUT2D eigenvalue weighted by atomic mass is 10.2. The second-order valence-corrected chi connectivity index (χ2v) is 4.37. The molecule has 0 bridgehead atoms. The third-order valence-corrected chi connectivity index (χ3v) is 3.23. The zero-order chi connectivity index (χ0) is 8.93. The first-order chi connectivity index (χ1) is 6.45. The molecule has 0 aromatic carbocycles. The molecule has 1 aromatic heterocycles. The van der Waals surface area contributed by atoms with Crippen molar-refractivity contribution in [1.82, 2.24) is 9.29 Å². The first-order valence-corrected chi connectivity index (χ1v) is 5.56. The van der Waals surface area contributed by atoms with Crippen molar-refractivity contribution in [2.45, 2.75) is 24.3 Å². The number of piperidine rings is 1. The van der Waals surface area contributed by atoms with Gasteiger partial charge in [-0.05, 0) is 36.9 Å². The van der Waals surface area contributed by atoms with Crippen molar-refractivity contribution in [2.24, 2.45) is 0 Å².